The summed E-state index contributed by atoms with van der Waals surface area (Å²) in [6.45, 7) is -0.408. The lowest BCUT2D eigenvalue weighted by Crippen LogP contribution is -2.36. The first kappa shape index (κ1) is 19.2. The molecule has 25 heavy (non-hydrogen) atoms. The van der Waals surface area contributed by atoms with Crippen LogP contribution in [0, 0.1) is 0 Å². The Kier molecular flexibility index (Phi) is 7.73. The highest BCUT2D eigenvalue weighted by Gasteiger charge is 2.17. The third-order valence-electron chi connectivity index (χ3n) is 4.04. The minimum Gasteiger partial charge on any atom is -0.456 e. The van der Waals surface area contributed by atoms with Gasteiger partial charge in [-0.25, -0.2) is 0 Å². The van der Waals surface area contributed by atoms with E-state index in [0.717, 1.165) is 25.7 Å². The highest BCUT2D eigenvalue weighted by atomic mass is 35.5. The summed E-state index contributed by atoms with van der Waals surface area (Å²) in [5.41, 5.74) is 0.456. The molecule has 2 amide bonds. The molecule has 0 bridgehead atoms. The Bertz CT molecular complexity index is 615. The van der Waals surface area contributed by atoms with Crippen molar-refractivity contribution in [3.63, 3.8) is 0 Å². The maximum Gasteiger partial charge on any atom is 0.306 e. The first-order valence-corrected chi connectivity index (χ1v) is 8.92. The minimum absolute atomic E-state index is 0.0437. The van der Waals surface area contributed by atoms with E-state index in [1.807, 2.05) is 0 Å². The Labute approximate surface area is 152 Å². The second kappa shape index (κ2) is 10.0. The summed E-state index contributed by atoms with van der Waals surface area (Å²) in [5, 5.41) is 5.90. The molecule has 0 unspecified atom stereocenters. The molecule has 1 saturated carbocycles. The van der Waals surface area contributed by atoms with Crippen molar-refractivity contribution < 1.29 is 19.1 Å². The van der Waals surface area contributed by atoms with Crippen molar-refractivity contribution in [2.24, 2.45) is 0 Å². The number of ether oxygens (including phenoxy) is 1. The molecule has 0 radical (unpaired) electrons. The first-order chi connectivity index (χ1) is 12.0. The molecule has 0 aromatic heterocycles. The lowest BCUT2D eigenvalue weighted by molar-refractivity contribution is -0.148. The van der Waals surface area contributed by atoms with E-state index in [2.05, 4.69) is 10.6 Å². The van der Waals surface area contributed by atoms with Gasteiger partial charge in [-0.2, -0.15) is 0 Å². The van der Waals surface area contributed by atoms with Crippen LogP contribution < -0.4 is 10.6 Å². The summed E-state index contributed by atoms with van der Waals surface area (Å²) >= 11 is 5.93. The van der Waals surface area contributed by atoms with Crippen molar-refractivity contribution in [1.82, 2.24) is 5.32 Å². The third-order valence-corrected chi connectivity index (χ3v) is 4.37. The van der Waals surface area contributed by atoms with Crippen LogP contribution in [0.2, 0.25) is 5.02 Å². The molecule has 0 aliphatic heterocycles. The quantitative estimate of drug-likeness (QED) is 0.726. The molecule has 0 spiro atoms. The van der Waals surface area contributed by atoms with Crippen molar-refractivity contribution in [3.05, 3.63) is 29.3 Å². The fourth-order valence-electron chi connectivity index (χ4n) is 2.73. The number of halogens is 1. The van der Waals surface area contributed by atoms with Crippen molar-refractivity contribution in [1.29, 1.82) is 0 Å². The lowest BCUT2D eigenvalue weighted by Gasteiger charge is -2.22. The highest BCUT2D eigenvalue weighted by molar-refractivity contribution is 6.33. The molecule has 1 aliphatic carbocycles. The number of amides is 2. The van der Waals surface area contributed by atoms with Gasteiger partial charge >= 0.3 is 5.97 Å². The van der Waals surface area contributed by atoms with Gasteiger partial charge in [-0.1, -0.05) is 43.0 Å². The zero-order valence-corrected chi connectivity index (χ0v) is 14.8. The summed E-state index contributed by atoms with van der Waals surface area (Å²) in [6, 6.07) is 7.00. The second-order valence-electron chi connectivity index (χ2n) is 6.09. The molecule has 136 valence electrons. The molecule has 0 atom stereocenters. The maximum atomic E-state index is 11.8. The Morgan fingerprint density at radius 1 is 1.04 bits per heavy atom. The van der Waals surface area contributed by atoms with Crippen LogP contribution in [-0.4, -0.2) is 30.4 Å². The van der Waals surface area contributed by atoms with Crippen molar-refractivity contribution in [3.8, 4) is 0 Å². The summed E-state index contributed by atoms with van der Waals surface area (Å²) in [7, 11) is 0. The number of hydrogen-bond acceptors (Lipinski definition) is 4. The zero-order valence-electron chi connectivity index (χ0n) is 14.1. The molecule has 2 N–H and O–H groups in total. The van der Waals surface area contributed by atoms with Crippen LogP contribution in [0.5, 0.6) is 0 Å². The Morgan fingerprint density at radius 3 is 2.48 bits per heavy atom. The van der Waals surface area contributed by atoms with Crippen LogP contribution in [0.3, 0.4) is 0 Å². The van der Waals surface area contributed by atoms with Gasteiger partial charge in [0.15, 0.2) is 6.61 Å². The molecule has 1 aromatic carbocycles. The number of carbonyl (C=O) groups excluding carboxylic acids is 3. The van der Waals surface area contributed by atoms with E-state index in [1.165, 1.54) is 6.42 Å². The maximum absolute atomic E-state index is 11.8. The molecule has 2 rings (SSSR count). The summed E-state index contributed by atoms with van der Waals surface area (Å²) < 4.78 is 4.88. The van der Waals surface area contributed by atoms with Crippen LogP contribution >= 0.6 is 11.6 Å². The number of anilines is 1. The molecule has 0 saturated heterocycles. The van der Waals surface area contributed by atoms with E-state index in [9.17, 15) is 14.4 Å². The average Bonchev–Trinajstić information content (AvgIpc) is 2.61. The fourth-order valence-corrected chi connectivity index (χ4v) is 2.91. The van der Waals surface area contributed by atoms with Crippen LogP contribution in [-0.2, 0) is 19.1 Å². The van der Waals surface area contributed by atoms with Gasteiger partial charge < -0.3 is 15.4 Å². The molecule has 7 heteroatoms. The van der Waals surface area contributed by atoms with Gasteiger partial charge in [0.1, 0.15) is 0 Å². The van der Waals surface area contributed by atoms with E-state index >= 15 is 0 Å². The number of benzene rings is 1. The van der Waals surface area contributed by atoms with Crippen LogP contribution in [0.1, 0.15) is 44.9 Å². The van der Waals surface area contributed by atoms with Gasteiger partial charge in [0.25, 0.3) is 5.91 Å². The minimum atomic E-state index is -0.576. The molecule has 6 nitrogen and oxygen atoms in total. The predicted molar refractivity (Wildman–Crippen MR) is 95.3 cm³/mol. The number of carbonyl (C=O) groups is 3. The lowest BCUT2D eigenvalue weighted by atomic mass is 9.95. The van der Waals surface area contributed by atoms with Crippen molar-refractivity contribution in [2.45, 2.75) is 51.0 Å². The number of hydrogen-bond donors (Lipinski definition) is 2. The fraction of sp³-hybridized carbons (Fsp3) is 0.500. The van der Waals surface area contributed by atoms with Gasteiger partial charge in [0.05, 0.1) is 17.1 Å². The van der Waals surface area contributed by atoms with Crippen LogP contribution in [0.4, 0.5) is 5.69 Å². The smallest absolute Gasteiger partial charge is 0.306 e. The molecule has 1 fully saturated rings. The average molecular weight is 367 g/mol. The van der Waals surface area contributed by atoms with Gasteiger partial charge in [-0.15, -0.1) is 0 Å². The standard InChI is InChI=1S/C18H23ClN2O4/c19-14-8-4-5-9-15(14)21-17(23)12-25-18(24)11-10-16(22)20-13-6-2-1-3-7-13/h4-5,8-9,13H,1-3,6-7,10-12H2,(H,20,22)(H,21,23). The molecule has 0 heterocycles. The summed E-state index contributed by atoms with van der Waals surface area (Å²) in [6.07, 6.45) is 5.51. The SMILES string of the molecule is O=C(COC(=O)CCC(=O)NC1CCCCC1)Nc1ccccc1Cl. The van der Waals surface area contributed by atoms with Gasteiger partial charge in [0.2, 0.25) is 5.91 Å². The van der Waals surface area contributed by atoms with E-state index in [-0.39, 0.29) is 24.8 Å². The number of para-hydroxylation sites is 1. The topological polar surface area (TPSA) is 84.5 Å². The number of esters is 1. The second-order valence-corrected chi connectivity index (χ2v) is 6.50. The summed E-state index contributed by atoms with van der Waals surface area (Å²) in [5.74, 6) is -1.20. The van der Waals surface area contributed by atoms with Crippen molar-refractivity contribution >= 4 is 35.1 Å². The monoisotopic (exact) mass is 366 g/mol. The zero-order chi connectivity index (χ0) is 18.1. The Balaban J connectivity index is 1.62. The van der Waals surface area contributed by atoms with E-state index in [4.69, 9.17) is 16.3 Å². The van der Waals surface area contributed by atoms with E-state index < -0.39 is 18.5 Å². The number of nitrogens with one attached hydrogen (secondary N) is 2. The highest BCUT2D eigenvalue weighted by Crippen LogP contribution is 2.20. The summed E-state index contributed by atoms with van der Waals surface area (Å²) in [4.78, 5) is 35.2. The van der Waals surface area contributed by atoms with Gasteiger partial charge in [-0.3, -0.25) is 14.4 Å². The van der Waals surface area contributed by atoms with Crippen LogP contribution in [0.25, 0.3) is 0 Å². The van der Waals surface area contributed by atoms with Gasteiger partial charge in [0, 0.05) is 12.5 Å². The number of rotatable bonds is 7. The molecule has 1 aliphatic rings. The predicted octanol–water partition coefficient (Wildman–Crippen LogP) is 3.05. The van der Waals surface area contributed by atoms with E-state index in [0.29, 0.717) is 10.7 Å². The van der Waals surface area contributed by atoms with Crippen LogP contribution in [0.15, 0.2) is 24.3 Å². The molecular formula is C18H23ClN2O4. The molecule has 1 aromatic rings. The van der Waals surface area contributed by atoms with Gasteiger partial charge in [-0.05, 0) is 25.0 Å². The molecular weight excluding hydrogens is 344 g/mol. The normalized spacial score (nSPS) is 14.6. The first-order valence-electron chi connectivity index (χ1n) is 8.54. The Morgan fingerprint density at radius 2 is 1.76 bits per heavy atom. The third kappa shape index (κ3) is 7.13. The van der Waals surface area contributed by atoms with E-state index in [1.54, 1.807) is 24.3 Å². The largest absolute Gasteiger partial charge is 0.456 e. The Hall–Kier alpha value is -2.08. The van der Waals surface area contributed by atoms with Crippen molar-refractivity contribution in [2.75, 3.05) is 11.9 Å².